The van der Waals surface area contributed by atoms with E-state index >= 15 is 0 Å². The van der Waals surface area contributed by atoms with E-state index in [2.05, 4.69) is 10.4 Å². The Balaban J connectivity index is 1.60. The molecule has 1 aromatic carbocycles. The van der Waals surface area contributed by atoms with Crippen LogP contribution < -0.4 is 5.32 Å². The third kappa shape index (κ3) is 4.45. The van der Waals surface area contributed by atoms with Gasteiger partial charge in [0.25, 0.3) is 0 Å². The molecule has 3 rings (SSSR count). The minimum atomic E-state index is -0.445. The molecule has 2 heterocycles. The molecule has 0 saturated carbocycles. The number of carbonyl (C=O) groups excluding carboxylic acids is 2. The number of nitrogens with one attached hydrogen (secondary N) is 1. The number of rotatable bonds is 6. The molecule has 1 N–H and O–H groups in total. The molecule has 0 aliphatic carbocycles. The van der Waals surface area contributed by atoms with Crippen LogP contribution in [0.1, 0.15) is 36.7 Å². The van der Waals surface area contributed by atoms with Crippen LogP contribution in [0.2, 0.25) is 0 Å². The maximum atomic E-state index is 12.0. The standard InChI is InChI=1S/C18H21N3O4/c1-2-24-18(23)16-9-10-21(20-16)14-7-5-13(6-8-14)19-17(22)12-15-4-3-11-25-15/h5-10,15H,2-4,11-12H2,1H3,(H,19,22)/t15-/m0/s1. The summed E-state index contributed by atoms with van der Waals surface area (Å²) in [6, 6.07) is 8.85. The number of nitrogens with zero attached hydrogens (tertiary/aromatic N) is 2. The van der Waals surface area contributed by atoms with Gasteiger partial charge in [0.1, 0.15) is 0 Å². The van der Waals surface area contributed by atoms with Gasteiger partial charge in [-0.15, -0.1) is 0 Å². The average molecular weight is 343 g/mol. The molecule has 1 fully saturated rings. The Morgan fingerprint density at radius 1 is 1.32 bits per heavy atom. The summed E-state index contributed by atoms with van der Waals surface area (Å²) in [6.45, 7) is 2.80. The average Bonchev–Trinajstić information content (AvgIpc) is 3.27. The summed E-state index contributed by atoms with van der Waals surface area (Å²) in [7, 11) is 0. The van der Waals surface area contributed by atoms with Crippen LogP contribution in [0.3, 0.4) is 0 Å². The molecule has 7 nitrogen and oxygen atoms in total. The summed E-state index contributed by atoms with van der Waals surface area (Å²) < 4.78 is 12.0. The molecule has 132 valence electrons. The fourth-order valence-corrected chi connectivity index (χ4v) is 2.70. The van der Waals surface area contributed by atoms with Gasteiger partial charge in [-0.25, -0.2) is 9.48 Å². The Morgan fingerprint density at radius 3 is 2.80 bits per heavy atom. The quantitative estimate of drug-likeness (QED) is 0.815. The summed E-state index contributed by atoms with van der Waals surface area (Å²) >= 11 is 0. The van der Waals surface area contributed by atoms with Gasteiger partial charge in [0.05, 0.1) is 24.8 Å². The number of benzene rings is 1. The summed E-state index contributed by atoms with van der Waals surface area (Å²) in [5.41, 5.74) is 1.76. The van der Waals surface area contributed by atoms with Crippen LogP contribution in [0.5, 0.6) is 0 Å². The van der Waals surface area contributed by atoms with Crippen molar-refractivity contribution in [2.24, 2.45) is 0 Å². The first-order valence-electron chi connectivity index (χ1n) is 8.40. The molecule has 1 saturated heterocycles. The Morgan fingerprint density at radius 2 is 2.12 bits per heavy atom. The van der Waals surface area contributed by atoms with E-state index in [0.29, 0.717) is 18.7 Å². The molecule has 1 aliphatic heterocycles. The zero-order valence-electron chi connectivity index (χ0n) is 14.1. The minimum Gasteiger partial charge on any atom is -0.461 e. The minimum absolute atomic E-state index is 0.0321. The van der Waals surface area contributed by atoms with Crippen LogP contribution in [0.25, 0.3) is 5.69 Å². The summed E-state index contributed by atoms with van der Waals surface area (Å²) in [5.74, 6) is -0.498. The van der Waals surface area contributed by atoms with E-state index in [4.69, 9.17) is 9.47 Å². The second-order valence-electron chi connectivity index (χ2n) is 5.80. The van der Waals surface area contributed by atoms with Crippen molar-refractivity contribution in [3.05, 3.63) is 42.2 Å². The Hall–Kier alpha value is -2.67. The number of hydrogen-bond acceptors (Lipinski definition) is 5. The molecule has 1 aromatic heterocycles. The normalized spacial score (nSPS) is 16.6. The summed E-state index contributed by atoms with van der Waals surface area (Å²) in [6.07, 6.45) is 4.06. The van der Waals surface area contributed by atoms with Crippen molar-refractivity contribution in [1.82, 2.24) is 9.78 Å². The monoisotopic (exact) mass is 343 g/mol. The second kappa shape index (κ2) is 7.94. The Labute approximate surface area is 145 Å². The largest absolute Gasteiger partial charge is 0.461 e. The number of amides is 1. The zero-order chi connectivity index (χ0) is 17.6. The molecule has 2 aromatic rings. The number of esters is 1. The fraction of sp³-hybridized carbons (Fsp3) is 0.389. The Kier molecular flexibility index (Phi) is 5.45. The molecule has 1 aliphatic rings. The predicted octanol–water partition coefficient (Wildman–Crippen LogP) is 2.56. The lowest BCUT2D eigenvalue weighted by atomic mass is 10.1. The van der Waals surface area contributed by atoms with Crippen LogP contribution in [-0.2, 0) is 14.3 Å². The molecule has 1 atom stereocenters. The lowest BCUT2D eigenvalue weighted by Crippen LogP contribution is -2.19. The van der Waals surface area contributed by atoms with E-state index in [1.54, 1.807) is 36.0 Å². The van der Waals surface area contributed by atoms with Crippen molar-refractivity contribution >= 4 is 17.6 Å². The molecular formula is C18H21N3O4. The molecule has 7 heteroatoms. The fourth-order valence-electron chi connectivity index (χ4n) is 2.70. The van der Waals surface area contributed by atoms with Crippen molar-refractivity contribution in [3.8, 4) is 5.69 Å². The van der Waals surface area contributed by atoms with Gasteiger partial charge >= 0.3 is 5.97 Å². The van der Waals surface area contributed by atoms with Crippen LogP contribution >= 0.6 is 0 Å². The third-order valence-electron chi connectivity index (χ3n) is 3.93. The lowest BCUT2D eigenvalue weighted by molar-refractivity contribution is -0.118. The molecule has 0 spiro atoms. The topological polar surface area (TPSA) is 82.5 Å². The van der Waals surface area contributed by atoms with Gasteiger partial charge < -0.3 is 14.8 Å². The number of carbonyl (C=O) groups is 2. The highest BCUT2D eigenvalue weighted by Gasteiger charge is 2.19. The maximum absolute atomic E-state index is 12.0. The lowest BCUT2D eigenvalue weighted by Gasteiger charge is -2.10. The number of anilines is 1. The van der Waals surface area contributed by atoms with Crippen LogP contribution in [0.4, 0.5) is 5.69 Å². The van der Waals surface area contributed by atoms with Crippen molar-refractivity contribution in [3.63, 3.8) is 0 Å². The van der Waals surface area contributed by atoms with Gasteiger partial charge in [-0.05, 0) is 50.1 Å². The molecule has 25 heavy (non-hydrogen) atoms. The van der Waals surface area contributed by atoms with Crippen molar-refractivity contribution in [2.75, 3.05) is 18.5 Å². The smallest absolute Gasteiger partial charge is 0.358 e. The second-order valence-corrected chi connectivity index (χ2v) is 5.80. The predicted molar refractivity (Wildman–Crippen MR) is 91.7 cm³/mol. The molecule has 0 unspecified atom stereocenters. The maximum Gasteiger partial charge on any atom is 0.358 e. The van der Waals surface area contributed by atoms with Crippen LogP contribution in [-0.4, -0.2) is 41.0 Å². The van der Waals surface area contributed by atoms with E-state index in [1.165, 1.54) is 0 Å². The van der Waals surface area contributed by atoms with E-state index in [0.717, 1.165) is 25.1 Å². The highest BCUT2D eigenvalue weighted by molar-refractivity contribution is 5.91. The van der Waals surface area contributed by atoms with Gasteiger partial charge in [-0.2, -0.15) is 5.10 Å². The first-order chi connectivity index (χ1) is 12.2. The number of ether oxygens (including phenoxy) is 2. The summed E-state index contributed by atoms with van der Waals surface area (Å²) in [4.78, 5) is 23.7. The highest BCUT2D eigenvalue weighted by Crippen LogP contribution is 2.17. The van der Waals surface area contributed by atoms with Gasteiger partial charge in [0.2, 0.25) is 5.91 Å². The molecule has 1 amide bonds. The van der Waals surface area contributed by atoms with Crippen molar-refractivity contribution in [2.45, 2.75) is 32.3 Å². The van der Waals surface area contributed by atoms with E-state index < -0.39 is 5.97 Å². The highest BCUT2D eigenvalue weighted by atomic mass is 16.5. The van der Waals surface area contributed by atoms with Gasteiger partial charge in [0.15, 0.2) is 5.69 Å². The Bertz CT molecular complexity index is 733. The molecule has 0 radical (unpaired) electrons. The number of hydrogen-bond donors (Lipinski definition) is 1. The van der Waals surface area contributed by atoms with E-state index in [-0.39, 0.29) is 17.7 Å². The first-order valence-corrected chi connectivity index (χ1v) is 8.40. The zero-order valence-corrected chi connectivity index (χ0v) is 14.1. The van der Waals surface area contributed by atoms with Crippen molar-refractivity contribution < 1.29 is 19.1 Å². The number of aromatic nitrogens is 2. The van der Waals surface area contributed by atoms with E-state index in [9.17, 15) is 9.59 Å². The first kappa shape index (κ1) is 17.2. The summed E-state index contributed by atoms with van der Waals surface area (Å²) in [5, 5.41) is 7.06. The van der Waals surface area contributed by atoms with Crippen LogP contribution in [0, 0.1) is 0 Å². The van der Waals surface area contributed by atoms with Gasteiger partial charge in [-0.1, -0.05) is 0 Å². The molecule has 0 bridgehead atoms. The van der Waals surface area contributed by atoms with E-state index in [1.807, 2.05) is 12.1 Å². The molecular weight excluding hydrogens is 322 g/mol. The van der Waals surface area contributed by atoms with Gasteiger partial charge in [0, 0.05) is 18.5 Å². The van der Waals surface area contributed by atoms with Gasteiger partial charge in [-0.3, -0.25) is 4.79 Å². The third-order valence-corrected chi connectivity index (χ3v) is 3.93. The van der Waals surface area contributed by atoms with Crippen molar-refractivity contribution in [1.29, 1.82) is 0 Å². The van der Waals surface area contributed by atoms with Crippen LogP contribution in [0.15, 0.2) is 36.5 Å². The SMILES string of the molecule is CCOC(=O)c1ccn(-c2ccc(NC(=O)C[C@@H]3CCCO3)cc2)n1.